The molecule has 0 bridgehead atoms. The molecule has 14 aromatic rings. The molecule has 340 valence electrons. The molecule has 0 unspecified atom stereocenters. The van der Waals surface area contributed by atoms with Crippen LogP contribution in [0.5, 0.6) is 0 Å². The average molecular weight is 930 g/mol. The van der Waals surface area contributed by atoms with Crippen LogP contribution >= 0.6 is 0 Å². The van der Waals surface area contributed by atoms with Crippen molar-refractivity contribution in [2.75, 3.05) is 4.90 Å². The fraction of sp³-hybridized carbons (Fsp3) is 0. The van der Waals surface area contributed by atoms with Crippen molar-refractivity contribution in [3.63, 3.8) is 0 Å². The number of nitrogens with zero attached hydrogens (tertiary/aromatic N) is 5. The van der Waals surface area contributed by atoms with E-state index in [-0.39, 0.29) is 0 Å². The molecule has 15 rings (SSSR count). The van der Waals surface area contributed by atoms with Gasteiger partial charge in [-0.15, -0.1) is 0 Å². The second-order valence-corrected chi connectivity index (χ2v) is 19.0. The van der Waals surface area contributed by atoms with Crippen LogP contribution in [0.3, 0.4) is 0 Å². The van der Waals surface area contributed by atoms with Crippen LogP contribution < -0.4 is 4.90 Å². The lowest BCUT2D eigenvalue weighted by Gasteiger charge is -2.26. The van der Waals surface area contributed by atoms with Crippen molar-refractivity contribution in [1.82, 2.24) is 19.1 Å². The highest BCUT2D eigenvalue weighted by atomic mass is 15.3. The zero-order valence-corrected chi connectivity index (χ0v) is 39.6. The van der Waals surface area contributed by atoms with Crippen molar-refractivity contribution in [2.45, 2.75) is 0 Å². The van der Waals surface area contributed by atoms with Crippen molar-refractivity contribution in [2.24, 2.45) is 0 Å². The summed E-state index contributed by atoms with van der Waals surface area (Å²) in [5, 5.41) is 8.25. The summed E-state index contributed by atoms with van der Waals surface area (Å²) in [5.74, 6) is 0.604. The molecule has 0 amide bonds. The topological polar surface area (TPSA) is 38.9 Å². The first-order valence-corrected chi connectivity index (χ1v) is 24.9. The Balaban J connectivity index is 0.935. The van der Waals surface area contributed by atoms with Gasteiger partial charge in [0.2, 0.25) is 5.95 Å². The van der Waals surface area contributed by atoms with Crippen molar-refractivity contribution in [3.8, 4) is 44.9 Å². The SMILES string of the molecule is C1=Cc2cc3c(cc2N(c2nc(-c4ccc(-c5cccc6ccccc56)cc4)c4ccccc4n2)c2ccc(-c4ccc5c(c4)c4ccccc4n5-c4ccccc4)cc21)c1ccccc1n3-c1ccccc1. The lowest BCUT2D eigenvalue weighted by molar-refractivity contribution is 1.11. The third kappa shape index (κ3) is 6.56. The highest BCUT2D eigenvalue weighted by molar-refractivity contribution is 6.13. The predicted octanol–water partition coefficient (Wildman–Crippen LogP) is 17.9. The van der Waals surface area contributed by atoms with Gasteiger partial charge in [0, 0.05) is 49.4 Å². The lowest BCUT2D eigenvalue weighted by atomic mass is 9.96. The first-order valence-electron chi connectivity index (χ1n) is 24.9. The molecule has 1 aliphatic heterocycles. The standard InChI is InChI=1S/C68H43N5/c1-3-18-51(19-4-1)71-62-28-13-10-23-55(62)58-41-48(37-39-64(58)71)47-36-38-61-49(40-47)34-35-50-42-66-59(56-24-11-14-29-63(56)72(66)52-20-5-2-6-21-52)43-65(50)73(61)68-69-60-27-12-9-25-57(60)67(70-68)46-32-30-45(31-33-46)54-26-15-17-44-16-7-8-22-53(44)54/h1-43H. The fourth-order valence-corrected chi connectivity index (χ4v) is 11.5. The molecule has 1 aliphatic rings. The summed E-state index contributed by atoms with van der Waals surface area (Å²) in [6.07, 6.45) is 4.54. The Kier molecular flexibility index (Phi) is 9.19. The van der Waals surface area contributed by atoms with Crippen LogP contribution in [0, 0.1) is 0 Å². The number of para-hydroxylation sites is 5. The molecule has 0 spiro atoms. The van der Waals surface area contributed by atoms with E-state index in [9.17, 15) is 0 Å². The summed E-state index contributed by atoms with van der Waals surface area (Å²) < 4.78 is 4.76. The Morgan fingerprint density at radius 2 is 0.836 bits per heavy atom. The molecule has 5 heteroatoms. The Hall–Kier alpha value is -9.84. The summed E-state index contributed by atoms with van der Waals surface area (Å²) in [4.78, 5) is 13.4. The molecule has 5 nitrogen and oxygen atoms in total. The van der Waals surface area contributed by atoms with Gasteiger partial charge in [-0.3, -0.25) is 4.90 Å². The third-order valence-corrected chi connectivity index (χ3v) is 14.9. The van der Waals surface area contributed by atoms with Crippen LogP contribution in [0.4, 0.5) is 17.3 Å². The minimum atomic E-state index is 0.604. The second-order valence-electron chi connectivity index (χ2n) is 19.0. The largest absolute Gasteiger partial charge is 0.309 e. The van der Waals surface area contributed by atoms with Crippen molar-refractivity contribution >= 4 is 94.8 Å². The highest BCUT2D eigenvalue weighted by Crippen LogP contribution is 2.47. The van der Waals surface area contributed by atoms with Crippen LogP contribution in [-0.4, -0.2) is 19.1 Å². The Morgan fingerprint density at radius 1 is 0.301 bits per heavy atom. The van der Waals surface area contributed by atoms with Gasteiger partial charge in [-0.1, -0.05) is 182 Å². The van der Waals surface area contributed by atoms with Crippen molar-refractivity contribution in [1.29, 1.82) is 0 Å². The minimum absolute atomic E-state index is 0.604. The van der Waals surface area contributed by atoms with Gasteiger partial charge >= 0.3 is 0 Å². The molecule has 0 radical (unpaired) electrons. The number of hydrogen-bond acceptors (Lipinski definition) is 3. The maximum Gasteiger partial charge on any atom is 0.235 e. The molecule has 0 saturated heterocycles. The van der Waals surface area contributed by atoms with E-state index in [1.165, 1.54) is 43.5 Å². The summed E-state index contributed by atoms with van der Waals surface area (Å²) in [6.45, 7) is 0. The molecular weight excluding hydrogens is 887 g/mol. The molecule has 73 heavy (non-hydrogen) atoms. The van der Waals surface area contributed by atoms with E-state index < -0.39 is 0 Å². The van der Waals surface area contributed by atoms with Crippen molar-refractivity contribution in [3.05, 3.63) is 260 Å². The van der Waals surface area contributed by atoms with Crippen LogP contribution in [-0.2, 0) is 0 Å². The zero-order valence-electron chi connectivity index (χ0n) is 39.6. The Morgan fingerprint density at radius 3 is 1.58 bits per heavy atom. The Labute approximate surface area is 421 Å². The number of anilines is 3. The van der Waals surface area contributed by atoms with Gasteiger partial charge in [0.05, 0.1) is 44.7 Å². The van der Waals surface area contributed by atoms with Crippen LogP contribution in [0.15, 0.2) is 249 Å². The molecular formula is C68H43N5. The molecule has 0 saturated carbocycles. The van der Waals surface area contributed by atoms with Gasteiger partial charge < -0.3 is 9.13 Å². The zero-order chi connectivity index (χ0) is 48.0. The quantitative estimate of drug-likeness (QED) is 0.167. The van der Waals surface area contributed by atoms with Gasteiger partial charge in [0.25, 0.3) is 0 Å². The van der Waals surface area contributed by atoms with Crippen molar-refractivity contribution < 1.29 is 0 Å². The summed E-state index contributed by atoms with van der Waals surface area (Å²) in [5.41, 5.74) is 18.5. The molecule has 0 N–H and O–H groups in total. The smallest absolute Gasteiger partial charge is 0.235 e. The first kappa shape index (κ1) is 41.0. The first-order chi connectivity index (χ1) is 36.2. The maximum atomic E-state index is 5.63. The fourth-order valence-electron chi connectivity index (χ4n) is 11.5. The molecule has 4 heterocycles. The highest BCUT2D eigenvalue weighted by Gasteiger charge is 2.27. The normalized spacial score (nSPS) is 12.3. The molecule has 0 fully saturated rings. The monoisotopic (exact) mass is 929 g/mol. The molecule has 3 aromatic heterocycles. The number of rotatable bonds is 6. The van der Waals surface area contributed by atoms with E-state index in [1.807, 2.05) is 0 Å². The van der Waals surface area contributed by atoms with Crippen LogP contribution in [0.2, 0.25) is 0 Å². The van der Waals surface area contributed by atoms with Gasteiger partial charge in [-0.2, -0.15) is 0 Å². The molecule has 11 aromatic carbocycles. The van der Waals surface area contributed by atoms with Gasteiger partial charge in [0.15, 0.2) is 0 Å². The number of hydrogen-bond donors (Lipinski definition) is 0. The average Bonchev–Trinajstić information content (AvgIpc) is 3.91. The molecule has 0 aliphatic carbocycles. The number of fused-ring (bicyclic) bond motifs is 10. The van der Waals surface area contributed by atoms with Crippen LogP contribution in [0.25, 0.3) is 122 Å². The van der Waals surface area contributed by atoms with E-state index in [0.29, 0.717) is 5.95 Å². The maximum absolute atomic E-state index is 5.63. The minimum Gasteiger partial charge on any atom is -0.309 e. The summed E-state index contributed by atoms with van der Waals surface area (Å²) >= 11 is 0. The number of benzene rings is 11. The number of aromatic nitrogens is 4. The van der Waals surface area contributed by atoms with E-state index in [4.69, 9.17) is 9.97 Å². The summed E-state index contributed by atoms with van der Waals surface area (Å²) in [6, 6.07) is 89.6. The van der Waals surface area contributed by atoms with Gasteiger partial charge in [0.1, 0.15) is 0 Å². The van der Waals surface area contributed by atoms with Crippen LogP contribution in [0.1, 0.15) is 11.1 Å². The van der Waals surface area contributed by atoms with E-state index in [0.717, 1.165) is 89.1 Å². The lowest BCUT2D eigenvalue weighted by Crippen LogP contribution is -2.15. The van der Waals surface area contributed by atoms with Gasteiger partial charge in [-0.25, -0.2) is 9.97 Å². The Bertz CT molecular complexity index is 4540. The van der Waals surface area contributed by atoms with E-state index >= 15 is 0 Å². The van der Waals surface area contributed by atoms with E-state index in [1.54, 1.807) is 0 Å². The predicted molar refractivity (Wildman–Crippen MR) is 306 cm³/mol. The second kappa shape index (κ2) is 16.4. The van der Waals surface area contributed by atoms with E-state index in [2.05, 4.69) is 275 Å². The van der Waals surface area contributed by atoms with Gasteiger partial charge in [-0.05, 0) is 117 Å². The third-order valence-electron chi connectivity index (χ3n) is 14.9. The summed E-state index contributed by atoms with van der Waals surface area (Å²) in [7, 11) is 0. The molecule has 0 atom stereocenters.